The number of fused-ring (bicyclic) bond motifs is 1. The summed E-state index contributed by atoms with van der Waals surface area (Å²) in [5, 5.41) is 5.42. The van der Waals surface area contributed by atoms with Crippen LogP contribution in [0.3, 0.4) is 0 Å². The predicted molar refractivity (Wildman–Crippen MR) is 111 cm³/mol. The van der Waals surface area contributed by atoms with Crippen molar-refractivity contribution in [3.63, 3.8) is 0 Å². The van der Waals surface area contributed by atoms with Gasteiger partial charge in [0.15, 0.2) is 5.82 Å². The molecule has 3 aromatic rings. The topological polar surface area (TPSA) is 56.8 Å². The number of benzene rings is 1. The number of aromatic nitrogens is 3. The number of piperazine rings is 1. The zero-order valence-corrected chi connectivity index (χ0v) is 16.4. The van der Waals surface area contributed by atoms with E-state index in [0.717, 1.165) is 35.9 Å². The minimum absolute atomic E-state index is 0.376. The van der Waals surface area contributed by atoms with Crippen LogP contribution in [-0.4, -0.2) is 40.1 Å². The van der Waals surface area contributed by atoms with Gasteiger partial charge in [-0.2, -0.15) is 0 Å². The van der Waals surface area contributed by atoms with Gasteiger partial charge < -0.3 is 15.2 Å². The normalized spacial score (nSPS) is 23.1. The van der Waals surface area contributed by atoms with Crippen LogP contribution in [0.5, 0.6) is 0 Å². The van der Waals surface area contributed by atoms with Crippen LogP contribution in [0.15, 0.2) is 30.5 Å². The molecule has 0 spiro atoms. The van der Waals surface area contributed by atoms with Crippen molar-refractivity contribution in [1.82, 2.24) is 20.3 Å². The molecular weight excluding hydrogens is 358 g/mol. The van der Waals surface area contributed by atoms with Crippen molar-refractivity contribution in [3.8, 4) is 11.4 Å². The Morgan fingerprint density at radius 3 is 2.59 bits per heavy atom. The van der Waals surface area contributed by atoms with E-state index in [0.29, 0.717) is 23.0 Å². The van der Waals surface area contributed by atoms with E-state index in [2.05, 4.69) is 35.2 Å². The van der Waals surface area contributed by atoms with Crippen LogP contribution in [0.4, 0.5) is 5.82 Å². The maximum atomic E-state index is 6.22. The lowest BCUT2D eigenvalue weighted by Gasteiger charge is -2.40. The summed E-state index contributed by atoms with van der Waals surface area (Å²) < 4.78 is 0. The van der Waals surface area contributed by atoms with E-state index in [1.54, 1.807) is 0 Å². The third-order valence-electron chi connectivity index (χ3n) is 5.72. The van der Waals surface area contributed by atoms with Crippen LogP contribution in [-0.2, 0) is 0 Å². The lowest BCUT2D eigenvalue weighted by molar-refractivity contribution is 0.430. The van der Waals surface area contributed by atoms with E-state index < -0.39 is 0 Å². The molecule has 140 valence electrons. The Labute approximate surface area is 164 Å². The van der Waals surface area contributed by atoms with E-state index in [9.17, 15) is 0 Å². The Bertz CT molecular complexity index is 983. The summed E-state index contributed by atoms with van der Waals surface area (Å²) in [7, 11) is 0. The molecule has 0 radical (unpaired) electrons. The molecule has 0 unspecified atom stereocenters. The first-order valence-electron chi connectivity index (χ1n) is 9.76. The molecule has 1 aliphatic heterocycles. The Kier molecular flexibility index (Phi) is 4.10. The molecule has 0 amide bonds. The molecule has 5 nitrogen and oxygen atoms in total. The van der Waals surface area contributed by atoms with Crippen molar-refractivity contribution >= 4 is 28.5 Å². The summed E-state index contributed by atoms with van der Waals surface area (Å²) in [6.45, 7) is 6.45. The number of hydrogen-bond acceptors (Lipinski definition) is 4. The first-order valence-corrected chi connectivity index (χ1v) is 10.1. The van der Waals surface area contributed by atoms with Crippen LogP contribution in [0.25, 0.3) is 22.4 Å². The lowest BCUT2D eigenvalue weighted by Crippen LogP contribution is -2.55. The van der Waals surface area contributed by atoms with Crippen LogP contribution in [0, 0.1) is 0 Å². The van der Waals surface area contributed by atoms with Gasteiger partial charge in [-0.15, -0.1) is 0 Å². The molecule has 2 atom stereocenters. The number of nitrogens with zero attached hydrogens (tertiary/aromatic N) is 3. The smallest absolute Gasteiger partial charge is 0.163 e. The molecule has 2 aliphatic rings. The van der Waals surface area contributed by atoms with Gasteiger partial charge in [-0.3, -0.25) is 0 Å². The Balaban J connectivity index is 1.73. The number of aromatic amines is 1. The van der Waals surface area contributed by atoms with Crippen molar-refractivity contribution in [2.45, 2.75) is 44.7 Å². The van der Waals surface area contributed by atoms with E-state index >= 15 is 0 Å². The van der Waals surface area contributed by atoms with E-state index in [1.807, 2.05) is 24.3 Å². The van der Waals surface area contributed by atoms with E-state index in [4.69, 9.17) is 21.6 Å². The highest BCUT2D eigenvalue weighted by Gasteiger charge is 2.33. The van der Waals surface area contributed by atoms with Crippen LogP contribution in [0.2, 0.25) is 5.02 Å². The molecular formula is C21H24ClN5. The van der Waals surface area contributed by atoms with E-state index in [1.165, 1.54) is 23.8 Å². The highest BCUT2D eigenvalue weighted by molar-refractivity contribution is 6.30. The molecule has 1 saturated heterocycles. The zero-order valence-electron chi connectivity index (χ0n) is 15.7. The van der Waals surface area contributed by atoms with Crippen molar-refractivity contribution in [1.29, 1.82) is 0 Å². The van der Waals surface area contributed by atoms with Gasteiger partial charge in [-0.1, -0.05) is 23.7 Å². The van der Waals surface area contributed by atoms with Gasteiger partial charge in [0.25, 0.3) is 0 Å². The SMILES string of the molecule is C[C@H]1CNC[C@H](C)N1c1nc(-c2cccc(Cl)c2)nc2[nH]cc(C3CC3)c12. The second-order valence-electron chi connectivity index (χ2n) is 7.89. The average molecular weight is 382 g/mol. The largest absolute Gasteiger partial charge is 0.348 e. The van der Waals surface area contributed by atoms with E-state index in [-0.39, 0.29) is 0 Å². The molecule has 1 aromatic carbocycles. The molecule has 2 fully saturated rings. The van der Waals surface area contributed by atoms with Gasteiger partial charge >= 0.3 is 0 Å². The number of hydrogen-bond donors (Lipinski definition) is 2. The summed E-state index contributed by atoms with van der Waals surface area (Å²) in [5.41, 5.74) is 3.24. The summed E-state index contributed by atoms with van der Waals surface area (Å²) in [5.74, 6) is 2.42. The lowest BCUT2D eigenvalue weighted by atomic mass is 10.1. The maximum Gasteiger partial charge on any atom is 0.163 e. The highest BCUT2D eigenvalue weighted by atomic mass is 35.5. The number of halogens is 1. The Morgan fingerprint density at radius 2 is 1.89 bits per heavy atom. The molecule has 2 N–H and O–H groups in total. The first-order chi connectivity index (χ1) is 13.1. The third-order valence-corrected chi connectivity index (χ3v) is 5.95. The van der Waals surface area contributed by atoms with Gasteiger partial charge in [-0.05, 0) is 50.3 Å². The molecule has 27 heavy (non-hydrogen) atoms. The molecule has 3 heterocycles. The molecule has 0 bridgehead atoms. The van der Waals surface area contributed by atoms with Crippen molar-refractivity contribution in [2.24, 2.45) is 0 Å². The van der Waals surface area contributed by atoms with Gasteiger partial charge in [0.1, 0.15) is 11.5 Å². The van der Waals surface area contributed by atoms with Gasteiger partial charge in [0.05, 0.1) is 5.39 Å². The summed E-state index contributed by atoms with van der Waals surface area (Å²) in [6, 6.07) is 8.53. The van der Waals surface area contributed by atoms with Crippen molar-refractivity contribution < 1.29 is 0 Å². The number of nitrogens with one attached hydrogen (secondary N) is 2. The molecule has 2 aromatic heterocycles. The van der Waals surface area contributed by atoms with Crippen molar-refractivity contribution in [3.05, 3.63) is 41.0 Å². The summed E-state index contributed by atoms with van der Waals surface area (Å²) >= 11 is 6.22. The molecule has 6 heteroatoms. The number of rotatable bonds is 3. The third kappa shape index (κ3) is 2.99. The Morgan fingerprint density at radius 1 is 1.11 bits per heavy atom. The predicted octanol–water partition coefficient (Wildman–Crippen LogP) is 4.34. The second kappa shape index (κ2) is 6.50. The van der Waals surface area contributed by atoms with Crippen LogP contribution in [0.1, 0.15) is 38.2 Å². The van der Waals surface area contributed by atoms with Gasteiger partial charge in [-0.25, -0.2) is 9.97 Å². The van der Waals surface area contributed by atoms with Crippen molar-refractivity contribution in [2.75, 3.05) is 18.0 Å². The summed E-state index contributed by atoms with van der Waals surface area (Å²) in [6.07, 6.45) is 4.66. The summed E-state index contributed by atoms with van der Waals surface area (Å²) in [4.78, 5) is 15.8. The molecule has 5 rings (SSSR count). The maximum absolute atomic E-state index is 6.22. The molecule has 1 aliphatic carbocycles. The fourth-order valence-electron chi connectivity index (χ4n) is 4.25. The number of H-pyrrole nitrogens is 1. The van der Waals surface area contributed by atoms with Gasteiger partial charge in [0.2, 0.25) is 0 Å². The fraction of sp³-hybridized carbons (Fsp3) is 0.429. The minimum atomic E-state index is 0.376. The quantitative estimate of drug-likeness (QED) is 0.708. The van der Waals surface area contributed by atoms with Gasteiger partial charge in [0, 0.05) is 42.0 Å². The average Bonchev–Trinajstić information content (AvgIpc) is 3.40. The first kappa shape index (κ1) is 17.0. The standard InChI is InChI=1S/C21H24ClN5/c1-12-9-23-10-13(2)27(12)21-18-17(14-6-7-14)11-24-20(18)25-19(26-21)15-4-3-5-16(22)8-15/h3-5,8,11-14,23H,6-7,9-10H2,1-2H3,(H,24,25,26)/t12-,13-/m0/s1. The monoisotopic (exact) mass is 381 g/mol. The highest BCUT2D eigenvalue weighted by Crippen LogP contribution is 2.45. The second-order valence-corrected chi connectivity index (χ2v) is 8.32. The number of anilines is 1. The van der Waals surface area contributed by atoms with Crippen LogP contribution >= 0.6 is 11.6 Å². The Hall–Kier alpha value is -2.11. The zero-order chi connectivity index (χ0) is 18.5. The fourth-order valence-corrected chi connectivity index (χ4v) is 4.44. The van der Waals surface area contributed by atoms with Crippen LogP contribution < -0.4 is 10.2 Å². The molecule has 1 saturated carbocycles. The minimum Gasteiger partial charge on any atom is -0.348 e.